The van der Waals surface area contributed by atoms with E-state index in [-0.39, 0.29) is 0 Å². The third-order valence-electron chi connectivity index (χ3n) is 1.40. The highest BCUT2D eigenvalue weighted by molar-refractivity contribution is 5.12. The van der Waals surface area contributed by atoms with E-state index in [4.69, 9.17) is 4.74 Å². The molecule has 0 saturated heterocycles. The molecule has 1 heterocycles. The zero-order chi connectivity index (χ0) is 8.32. The molecule has 1 atom stereocenters. The fourth-order valence-corrected chi connectivity index (χ4v) is 0.772. The molecule has 1 unspecified atom stereocenters. The minimum absolute atomic E-state index is 0.535. The van der Waals surface area contributed by atoms with Crippen LogP contribution in [-0.2, 0) is 4.74 Å². The van der Waals surface area contributed by atoms with Crippen LogP contribution >= 0.6 is 0 Å². The molecule has 1 aliphatic heterocycles. The van der Waals surface area contributed by atoms with Crippen molar-refractivity contribution in [2.75, 3.05) is 7.11 Å². The van der Waals surface area contributed by atoms with Crippen molar-refractivity contribution in [2.45, 2.75) is 5.85 Å². The first-order valence-corrected chi connectivity index (χ1v) is 3.03. The number of ether oxygens (including phenoxy) is 1. The number of nitrogens with one attached hydrogen (secondary N) is 1. The first-order valence-electron chi connectivity index (χ1n) is 3.03. The third kappa shape index (κ3) is 1.22. The number of hydrogen-bond acceptors (Lipinski definition) is 4. The molecule has 1 N–H and O–H groups in total. The summed E-state index contributed by atoms with van der Waals surface area (Å²) in [5.41, 5.74) is 0. The largest absolute Gasteiger partial charge is 0.427 e. The summed E-state index contributed by atoms with van der Waals surface area (Å²) in [5, 5.41) is 12.9. The van der Waals surface area contributed by atoms with E-state index in [0.29, 0.717) is 0 Å². The van der Waals surface area contributed by atoms with Crippen LogP contribution in [0.15, 0.2) is 24.4 Å². The molecule has 0 spiro atoms. The maximum Gasteiger partial charge on any atom is 0.427 e. The van der Waals surface area contributed by atoms with Crippen LogP contribution in [0.25, 0.3) is 0 Å². The van der Waals surface area contributed by atoms with Crippen molar-refractivity contribution in [3.05, 3.63) is 34.5 Å². The molecule has 60 valence electrons. The van der Waals surface area contributed by atoms with E-state index in [0.717, 1.165) is 0 Å². The van der Waals surface area contributed by atoms with Gasteiger partial charge in [0.2, 0.25) is 0 Å². The van der Waals surface area contributed by atoms with Crippen molar-refractivity contribution in [1.29, 1.82) is 0 Å². The molecule has 11 heavy (non-hydrogen) atoms. The molecule has 0 fully saturated rings. The smallest absolute Gasteiger partial charge is 0.299 e. The van der Waals surface area contributed by atoms with Gasteiger partial charge in [0, 0.05) is 19.4 Å². The molecule has 0 amide bonds. The zero-order valence-corrected chi connectivity index (χ0v) is 5.98. The van der Waals surface area contributed by atoms with E-state index in [1.165, 1.54) is 19.4 Å². The lowest BCUT2D eigenvalue weighted by molar-refractivity contribution is -0.617. The lowest BCUT2D eigenvalue weighted by Gasteiger charge is -2.20. The predicted molar refractivity (Wildman–Crippen MR) is 38.2 cm³/mol. The summed E-state index contributed by atoms with van der Waals surface area (Å²) < 4.78 is 4.69. The van der Waals surface area contributed by atoms with Crippen LogP contribution in [0, 0.1) is 10.1 Å². The topological polar surface area (TPSA) is 64.4 Å². The Kier molecular flexibility index (Phi) is 1.91. The predicted octanol–water partition coefficient (Wildman–Crippen LogP) is 0.236. The molecule has 1 rings (SSSR count). The molecule has 0 bridgehead atoms. The first kappa shape index (κ1) is 7.74. The standard InChI is InChI=1S/C6H8N2O3/c1-11-6(8(9)10)4-2-3-5-7-6/h2-5,7H,1H3. The van der Waals surface area contributed by atoms with Gasteiger partial charge in [-0.3, -0.25) is 20.2 Å². The van der Waals surface area contributed by atoms with Crippen LogP contribution in [0.4, 0.5) is 0 Å². The maximum atomic E-state index is 10.4. The fraction of sp³-hybridized carbons (Fsp3) is 0.333. The second-order valence-corrected chi connectivity index (χ2v) is 2.02. The third-order valence-corrected chi connectivity index (χ3v) is 1.40. The Balaban J connectivity index is 2.85. The lowest BCUT2D eigenvalue weighted by Crippen LogP contribution is -2.50. The fourth-order valence-electron chi connectivity index (χ4n) is 0.772. The summed E-state index contributed by atoms with van der Waals surface area (Å²) in [7, 11) is 1.28. The normalized spacial score (nSPS) is 28.1. The van der Waals surface area contributed by atoms with Crippen molar-refractivity contribution >= 4 is 0 Å². The number of methoxy groups -OCH3 is 1. The van der Waals surface area contributed by atoms with Gasteiger partial charge in [0.15, 0.2) is 0 Å². The summed E-state index contributed by atoms with van der Waals surface area (Å²) in [6, 6.07) is 0. The van der Waals surface area contributed by atoms with E-state index in [1.54, 1.807) is 12.2 Å². The Morgan fingerprint density at radius 1 is 1.64 bits per heavy atom. The van der Waals surface area contributed by atoms with Gasteiger partial charge in [-0.2, -0.15) is 0 Å². The Labute approximate surface area is 63.5 Å². The highest BCUT2D eigenvalue weighted by atomic mass is 16.7. The second-order valence-electron chi connectivity index (χ2n) is 2.02. The Bertz CT molecular complexity index is 224. The van der Waals surface area contributed by atoms with E-state index in [2.05, 4.69) is 5.32 Å². The van der Waals surface area contributed by atoms with Gasteiger partial charge in [0.1, 0.15) is 0 Å². The van der Waals surface area contributed by atoms with Crippen LogP contribution in [-0.4, -0.2) is 17.9 Å². The number of nitro groups is 1. The van der Waals surface area contributed by atoms with Gasteiger partial charge in [-0.1, -0.05) is 6.08 Å². The Hall–Kier alpha value is -1.36. The van der Waals surface area contributed by atoms with Gasteiger partial charge in [-0.15, -0.1) is 0 Å². The van der Waals surface area contributed by atoms with Crippen molar-refractivity contribution in [3.63, 3.8) is 0 Å². The number of nitrogens with zero attached hydrogens (tertiary/aromatic N) is 1. The minimum atomic E-state index is -1.57. The van der Waals surface area contributed by atoms with E-state index in [9.17, 15) is 10.1 Å². The van der Waals surface area contributed by atoms with Crippen LogP contribution < -0.4 is 5.32 Å². The highest BCUT2D eigenvalue weighted by Gasteiger charge is 2.40. The average molecular weight is 156 g/mol. The van der Waals surface area contributed by atoms with E-state index in [1.807, 2.05) is 0 Å². The van der Waals surface area contributed by atoms with Gasteiger partial charge >= 0.3 is 5.85 Å². The van der Waals surface area contributed by atoms with Crippen LogP contribution in [0.2, 0.25) is 0 Å². The van der Waals surface area contributed by atoms with E-state index >= 15 is 0 Å². The van der Waals surface area contributed by atoms with E-state index < -0.39 is 10.8 Å². The number of allylic oxidation sites excluding steroid dienone is 2. The summed E-state index contributed by atoms with van der Waals surface area (Å²) in [6.07, 6.45) is 6.02. The van der Waals surface area contributed by atoms with Gasteiger partial charge in [-0.25, -0.2) is 0 Å². The van der Waals surface area contributed by atoms with Crippen molar-refractivity contribution in [1.82, 2.24) is 5.32 Å². The van der Waals surface area contributed by atoms with Crippen LogP contribution in [0.3, 0.4) is 0 Å². The monoisotopic (exact) mass is 156 g/mol. The Morgan fingerprint density at radius 3 is 2.64 bits per heavy atom. The molecule has 5 nitrogen and oxygen atoms in total. The van der Waals surface area contributed by atoms with Gasteiger partial charge in [0.05, 0.1) is 4.92 Å². The summed E-state index contributed by atoms with van der Waals surface area (Å²) >= 11 is 0. The molecular formula is C6H8N2O3. The molecule has 5 heteroatoms. The van der Waals surface area contributed by atoms with Gasteiger partial charge in [0.25, 0.3) is 0 Å². The van der Waals surface area contributed by atoms with Crippen LogP contribution in [0.5, 0.6) is 0 Å². The Morgan fingerprint density at radius 2 is 2.36 bits per heavy atom. The molecular weight excluding hydrogens is 148 g/mol. The molecule has 0 aromatic carbocycles. The summed E-state index contributed by atoms with van der Waals surface area (Å²) in [5.74, 6) is -1.57. The lowest BCUT2D eigenvalue weighted by atomic mass is 10.3. The highest BCUT2D eigenvalue weighted by Crippen LogP contribution is 2.11. The van der Waals surface area contributed by atoms with Crippen molar-refractivity contribution in [3.8, 4) is 0 Å². The quantitative estimate of drug-likeness (QED) is 0.353. The average Bonchev–Trinajstić information content (AvgIpc) is 2.05. The maximum absolute atomic E-state index is 10.4. The summed E-state index contributed by atoms with van der Waals surface area (Å²) in [4.78, 5) is 9.91. The van der Waals surface area contributed by atoms with Crippen LogP contribution in [0.1, 0.15) is 0 Å². The number of hydrogen-bond donors (Lipinski definition) is 1. The molecule has 0 aromatic heterocycles. The minimum Gasteiger partial charge on any atom is -0.299 e. The second kappa shape index (κ2) is 2.71. The van der Waals surface area contributed by atoms with Crippen molar-refractivity contribution < 1.29 is 9.66 Å². The first-order chi connectivity index (χ1) is 5.21. The van der Waals surface area contributed by atoms with Gasteiger partial charge in [-0.05, 0) is 6.08 Å². The SMILES string of the molecule is COC1([N+](=O)[O-])C=CC=CN1. The summed E-state index contributed by atoms with van der Waals surface area (Å²) in [6.45, 7) is 0. The molecule has 1 aliphatic rings. The zero-order valence-electron chi connectivity index (χ0n) is 5.98. The number of rotatable bonds is 2. The molecule has 0 saturated carbocycles. The molecule has 0 radical (unpaired) electrons. The van der Waals surface area contributed by atoms with Gasteiger partial charge < -0.3 is 0 Å². The number of dihydropyridines is 1. The van der Waals surface area contributed by atoms with Crippen molar-refractivity contribution in [2.24, 2.45) is 0 Å². The molecule has 0 aliphatic carbocycles. The molecule has 0 aromatic rings.